The summed E-state index contributed by atoms with van der Waals surface area (Å²) in [5.41, 5.74) is 2.48. The van der Waals surface area contributed by atoms with Gasteiger partial charge in [-0.25, -0.2) is 0 Å². The minimum Gasteiger partial charge on any atom is -0.299 e. The van der Waals surface area contributed by atoms with Gasteiger partial charge in [-0.3, -0.25) is 4.79 Å². The highest BCUT2D eigenvalue weighted by Crippen LogP contribution is 2.22. The number of carbonyl (C=O) groups is 1. The van der Waals surface area contributed by atoms with Gasteiger partial charge in [-0.2, -0.15) is 0 Å². The lowest BCUT2D eigenvalue weighted by Crippen LogP contribution is -2.16. The standard InChI is InChI=1S/C16H24O/c1-13(2)7-6-8-14(3)11-12-15-9-4-5-10-16(15)17/h7,11-12,15H,3-6,8-10H2,1-2H3. The van der Waals surface area contributed by atoms with E-state index >= 15 is 0 Å². The molecule has 94 valence electrons. The molecule has 0 saturated heterocycles. The van der Waals surface area contributed by atoms with E-state index in [-0.39, 0.29) is 5.92 Å². The molecule has 1 heteroatoms. The van der Waals surface area contributed by atoms with Crippen LogP contribution >= 0.6 is 0 Å². The Morgan fingerprint density at radius 1 is 1.41 bits per heavy atom. The van der Waals surface area contributed by atoms with Crippen molar-refractivity contribution in [2.45, 2.75) is 52.4 Å². The summed E-state index contributed by atoms with van der Waals surface area (Å²) in [4.78, 5) is 11.6. The highest BCUT2D eigenvalue weighted by molar-refractivity contribution is 5.83. The van der Waals surface area contributed by atoms with Crippen molar-refractivity contribution >= 4 is 5.78 Å². The lowest BCUT2D eigenvalue weighted by Gasteiger charge is -2.16. The van der Waals surface area contributed by atoms with Crippen molar-refractivity contribution in [2.75, 3.05) is 0 Å². The molecule has 0 amide bonds. The molecule has 0 N–H and O–H groups in total. The minimum atomic E-state index is 0.156. The minimum absolute atomic E-state index is 0.156. The SMILES string of the molecule is C=C(C=CC1CCCCC1=O)CCC=C(C)C. The van der Waals surface area contributed by atoms with Gasteiger partial charge in [0.25, 0.3) is 0 Å². The maximum Gasteiger partial charge on any atom is 0.139 e. The van der Waals surface area contributed by atoms with Crippen LogP contribution in [-0.4, -0.2) is 5.78 Å². The van der Waals surface area contributed by atoms with Crippen LogP contribution in [0.1, 0.15) is 52.4 Å². The highest BCUT2D eigenvalue weighted by Gasteiger charge is 2.18. The molecular formula is C16H24O. The van der Waals surface area contributed by atoms with E-state index in [1.807, 2.05) is 6.08 Å². The lowest BCUT2D eigenvalue weighted by atomic mass is 9.87. The quantitative estimate of drug-likeness (QED) is 0.500. The van der Waals surface area contributed by atoms with E-state index in [0.29, 0.717) is 5.78 Å². The van der Waals surface area contributed by atoms with E-state index in [0.717, 1.165) is 37.7 Å². The van der Waals surface area contributed by atoms with Gasteiger partial charge in [0.1, 0.15) is 5.78 Å². The maximum atomic E-state index is 11.6. The molecule has 1 aliphatic carbocycles. The first kappa shape index (κ1) is 14.0. The second-order valence-electron chi connectivity index (χ2n) is 5.16. The third-order valence-corrected chi connectivity index (χ3v) is 3.18. The van der Waals surface area contributed by atoms with E-state index in [1.54, 1.807) is 0 Å². The molecule has 0 heterocycles. The smallest absolute Gasteiger partial charge is 0.139 e. The zero-order valence-electron chi connectivity index (χ0n) is 11.2. The molecule has 0 spiro atoms. The Morgan fingerprint density at radius 2 is 2.18 bits per heavy atom. The van der Waals surface area contributed by atoms with Gasteiger partial charge in [0, 0.05) is 12.3 Å². The molecule has 0 aromatic heterocycles. The van der Waals surface area contributed by atoms with Crippen LogP contribution in [0, 0.1) is 5.92 Å². The Bertz CT molecular complexity index is 329. The van der Waals surface area contributed by atoms with Crippen LogP contribution in [-0.2, 0) is 4.79 Å². The largest absolute Gasteiger partial charge is 0.299 e. The first-order valence-corrected chi connectivity index (χ1v) is 6.61. The summed E-state index contributed by atoms with van der Waals surface area (Å²) >= 11 is 0. The molecule has 1 unspecified atom stereocenters. The van der Waals surface area contributed by atoms with Crippen LogP contribution in [0.5, 0.6) is 0 Å². The molecule has 1 rings (SSSR count). The molecule has 1 atom stereocenters. The average Bonchev–Trinajstić information content (AvgIpc) is 2.27. The van der Waals surface area contributed by atoms with Crippen molar-refractivity contribution in [3.05, 3.63) is 36.0 Å². The third kappa shape index (κ3) is 5.67. The summed E-state index contributed by atoms with van der Waals surface area (Å²) < 4.78 is 0. The molecule has 0 bridgehead atoms. The number of carbonyl (C=O) groups excluding carboxylic acids is 1. The van der Waals surface area contributed by atoms with Gasteiger partial charge in [0.05, 0.1) is 0 Å². The van der Waals surface area contributed by atoms with Gasteiger partial charge < -0.3 is 0 Å². The monoisotopic (exact) mass is 232 g/mol. The van der Waals surface area contributed by atoms with E-state index in [2.05, 4.69) is 32.6 Å². The van der Waals surface area contributed by atoms with Crippen LogP contribution in [0.2, 0.25) is 0 Å². The van der Waals surface area contributed by atoms with Crippen molar-refractivity contribution < 1.29 is 4.79 Å². The highest BCUT2D eigenvalue weighted by atomic mass is 16.1. The van der Waals surface area contributed by atoms with E-state index in [4.69, 9.17) is 0 Å². The van der Waals surface area contributed by atoms with Crippen molar-refractivity contribution in [3.63, 3.8) is 0 Å². The van der Waals surface area contributed by atoms with Crippen LogP contribution in [0.3, 0.4) is 0 Å². The van der Waals surface area contributed by atoms with Gasteiger partial charge in [-0.15, -0.1) is 0 Å². The fraction of sp³-hybridized carbons (Fsp3) is 0.562. The molecular weight excluding hydrogens is 208 g/mol. The third-order valence-electron chi connectivity index (χ3n) is 3.18. The van der Waals surface area contributed by atoms with Gasteiger partial charge in [0.2, 0.25) is 0 Å². The Labute approximate surface area is 105 Å². The lowest BCUT2D eigenvalue weighted by molar-refractivity contribution is -0.122. The van der Waals surface area contributed by atoms with Crippen molar-refractivity contribution in [1.82, 2.24) is 0 Å². The number of hydrogen-bond acceptors (Lipinski definition) is 1. The van der Waals surface area contributed by atoms with Gasteiger partial charge in [-0.1, -0.05) is 42.4 Å². The summed E-state index contributed by atoms with van der Waals surface area (Å²) in [6.45, 7) is 8.25. The Morgan fingerprint density at radius 3 is 2.82 bits per heavy atom. The second-order valence-corrected chi connectivity index (χ2v) is 5.16. The summed E-state index contributed by atoms with van der Waals surface area (Å²) in [6.07, 6.45) is 12.4. The molecule has 0 aliphatic heterocycles. The Kier molecular flexibility index (Phi) is 5.96. The van der Waals surface area contributed by atoms with Crippen LogP contribution in [0.4, 0.5) is 0 Å². The van der Waals surface area contributed by atoms with Crippen LogP contribution in [0.15, 0.2) is 36.0 Å². The zero-order valence-corrected chi connectivity index (χ0v) is 11.2. The van der Waals surface area contributed by atoms with Crippen molar-refractivity contribution in [3.8, 4) is 0 Å². The zero-order chi connectivity index (χ0) is 12.7. The van der Waals surface area contributed by atoms with E-state index in [1.165, 1.54) is 12.0 Å². The molecule has 1 saturated carbocycles. The molecule has 1 aliphatic rings. The fourth-order valence-electron chi connectivity index (χ4n) is 2.10. The maximum absolute atomic E-state index is 11.6. The van der Waals surface area contributed by atoms with Crippen LogP contribution < -0.4 is 0 Å². The van der Waals surface area contributed by atoms with Crippen LogP contribution in [0.25, 0.3) is 0 Å². The normalized spacial score (nSPS) is 20.6. The topological polar surface area (TPSA) is 17.1 Å². The van der Waals surface area contributed by atoms with Crippen molar-refractivity contribution in [1.29, 1.82) is 0 Å². The molecule has 0 aromatic carbocycles. The average molecular weight is 232 g/mol. The van der Waals surface area contributed by atoms with Crippen molar-refractivity contribution in [2.24, 2.45) is 5.92 Å². The van der Waals surface area contributed by atoms with Gasteiger partial charge >= 0.3 is 0 Å². The van der Waals surface area contributed by atoms with E-state index < -0.39 is 0 Å². The molecule has 17 heavy (non-hydrogen) atoms. The Balaban J connectivity index is 2.34. The fourth-order valence-corrected chi connectivity index (χ4v) is 2.10. The first-order valence-electron chi connectivity index (χ1n) is 6.61. The second kappa shape index (κ2) is 7.26. The number of Topliss-reactive ketones (excluding diaryl/α,β-unsaturated/α-hetero) is 1. The summed E-state index contributed by atoms with van der Waals surface area (Å²) in [6, 6.07) is 0. The number of hydrogen-bond donors (Lipinski definition) is 0. The number of allylic oxidation sites excluding steroid dienone is 5. The molecule has 1 nitrogen and oxygen atoms in total. The summed E-state index contributed by atoms with van der Waals surface area (Å²) in [7, 11) is 0. The molecule has 0 radical (unpaired) electrons. The summed E-state index contributed by atoms with van der Waals surface area (Å²) in [5, 5.41) is 0. The molecule has 1 fully saturated rings. The first-order chi connectivity index (χ1) is 8.09. The number of rotatable bonds is 5. The van der Waals surface area contributed by atoms with Gasteiger partial charge in [-0.05, 0) is 39.5 Å². The predicted octanol–water partition coefficient (Wildman–Crippen LogP) is 4.60. The summed E-state index contributed by atoms with van der Waals surface area (Å²) in [5.74, 6) is 0.563. The predicted molar refractivity (Wildman–Crippen MR) is 73.9 cm³/mol. The number of ketones is 1. The van der Waals surface area contributed by atoms with Gasteiger partial charge in [0.15, 0.2) is 0 Å². The van der Waals surface area contributed by atoms with E-state index in [9.17, 15) is 4.79 Å². The Hall–Kier alpha value is -1.11. The molecule has 0 aromatic rings.